The van der Waals surface area contributed by atoms with Crippen LogP contribution in [-0.2, 0) is 11.2 Å². The Morgan fingerprint density at radius 1 is 1.10 bits per heavy atom. The molecule has 0 radical (unpaired) electrons. The van der Waals surface area contributed by atoms with Crippen molar-refractivity contribution in [3.8, 4) is 0 Å². The van der Waals surface area contributed by atoms with Gasteiger partial charge in [-0.2, -0.15) is 0 Å². The minimum Gasteiger partial charge on any atom is -0.345 e. The maximum Gasteiger partial charge on any atom is 0.254 e. The molecule has 7 heteroatoms. The monoisotopic (exact) mass is 408 g/mol. The third-order valence-corrected chi connectivity index (χ3v) is 6.20. The number of aromatic nitrogens is 1. The van der Waals surface area contributed by atoms with Crippen molar-refractivity contribution in [2.75, 3.05) is 36.4 Å². The molecule has 1 N–H and O–H groups in total. The maximum atomic E-state index is 12.9. The molecule has 1 aliphatic rings. The number of anilines is 2. The summed E-state index contributed by atoms with van der Waals surface area (Å²) < 4.78 is 1.22. The molecule has 0 aliphatic carbocycles. The topological polar surface area (TPSA) is 65.5 Å². The summed E-state index contributed by atoms with van der Waals surface area (Å²) >= 11 is 1.72. The number of carbonyl (C=O) groups is 2. The second-order valence-electron chi connectivity index (χ2n) is 7.19. The summed E-state index contributed by atoms with van der Waals surface area (Å²) in [6.45, 7) is 6.44. The van der Waals surface area contributed by atoms with Crippen LogP contribution in [0.2, 0.25) is 0 Å². The molecular formula is C22H24N4O2S. The number of hydrogen-bond donors (Lipinski definition) is 1. The molecule has 0 bridgehead atoms. The number of piperazine rings is 1. The Bertz CT molecular complexity index is 1050. The molecule has 2 heterocycles. The van der Waals surface area contributed by atoms with E-state index in [4.69, 9.17) is 4.98 Å². The van der Waals surface area contributed by atoms with Crippen molar-refractivity contribution in [2.24, 2.45) is 0 Å². The van der Waals surface area contributed by atoms with Crippen molar-refractivity contribution in [1.82, 2.24) is 9.88 Å². The van der Waals surface area contributed by atoms with Crippen LogP contribution in [0.1, 0.15) is 29.8 Å². The number of amides is 2. The highest BCUT2D eigenvalue weighted by Gasteiger charge is 2.24. The first-order valence-electron chi connectivity index (χ1n) is 9.85. The molecule has 1 aliphatic heterocycles. The smallest absolute Gasteiger partial charge is 0.254 e. The summed E-state index contributed by atoms with van der Waals surface area (Å²) in [6.07, 6.45) is 1.02. The molecule has 0 unspecified atom stereocenters. The van der Waals surface area contributed by atoms with Crippen molar-refractivity contribution in [3.63, 3.8) is 0 Å². The van der Waals surface area contributed by atoms with E-state index in [1.807, 2.05) is 4.90 Å². The Morgan fingerprint density at radius 3 is 2.62 bits per heavy atom. The summed E-state index contributed by atoms with van der Waals surface area (Å²) in [5.41, 5.74) is 3.60. The van der Waals surface area contributed by atoms with Gasteiger partial charge in [0.05, 0.1) is 10.2 Å². The van der Waals surface area contributed by atoms with E-state index in [-0.39, 0.29) is 11.8 Å². The highest BCUT2D eigenvalue weighted by atomic mass is 32.1. The van der Waals surface area contributed by atoms with Gasteiger partial charge in [-0.1, -0.05) is 30.4 Å². The van der Waals surface area contributed by atoms with Gasteiger partial charge >= 0.3 is 0 Å². The van der Waals surface area contributed by atoms with E-state index in [0.29, 0.717) is 24.3 Å². The summed E-state index contributed by atoms with van der Waals surface area (Å²) in [6, 6.07) is 13.5. The normalized spacial score (nSPS) is 14.3. The fourth-order valence-corrected chi connectivity index (χ4v) is 4.61. The van der Waals surface area contributed by atoms with Gasteiger partial charge in [0, 0.05) is 44.4 Å². The third kappa shape index (κ3) is 4.24. The number of benzene rings is 2. The van der Waals surface area contributed by atoms with Crippen LogP contribution in [0.3, 0.4) is 0 Å². The Morgan fingerprint density at radius 2 is 1.90 bits per heavy atom. The Kier molecular flexibility index (Phi) is 5.49. The lowest BCUT2D eigenvalue weighted by Gasteiger charge is -2.34. The number of thiazole rings is 1. The molecule has 0 atom stereocenters. The molecule has 3 aromatic rings. The van der Waals surface area contributed by atoms with Crippen LogP contribution in [0.15, 0.2) is 42.5 Å². The zero-order valence-electron chi connectivity index (χ0n) is 16.6. The zero-order valence-corrected chi connectivity index (χ0v) is 17.5. The van der Waals surface area contributed by atoms with E-state index in [9.17, 15) is 9.59 Å². The molecule has 1 fully saturated rings. The average molecular weight is 409 g/mol. The first-order chi connectivity index (χ1) is 14.0. The van der Waals surface area contributed by atoms with Crippen LogP contribution in [0, 0.1) is 0 Å². The summed E-state index contributed by atoms with van der Waals surface area (Å²) in [7, 11) is 0. The number of nitrogens with one attached hydrogen (secondary N) is 1. The van der Waals surface area contributed by atoms with Gasteiger partial charge < -0.3 is 15.1 Å². The van der Waals surface area contributed by atoms with E-state index < -0.39 is 0 Å². The number of aryl methyl sites for hydroxylation is 1. The van der Waals surface area contributed by atoms with Crippen LogP contribution in [0.5, 0.6) is 0 Å². The molecule has 1 saturated heterocycles. The highest BCUT2D eigenvalue weighted by molar-refractivity contribution is 7.22. The predicted octanol–water partition coefficient (Wildman–Crippen LogP) is 3.78. The van der Waals surface area contributed by atoms with E-state index in [0.717, 1.165) is 30.2 Å². The fourth-order valence-electron chi connectivity index (χ4n) is 3.53. The van der Waals surface area contributed by atoms with Crippen molar-refractivity contribution < 1.29 is 9.59 Å². The van der Waals surface area contributed by atoms with E-state index >= 15 is 0 Å². The van der Waals surface area contributed by atoms with Gasteiger partial charge in [0.15, 0.2) is 5.13 Å². The molecule has 0 spiro atoms. The molecule has 2 aromatic carbocycles. The number of rotatable bonds is 4. The van der Waals surface area contributed by atoms with Crippen LogP contribution < -0.4 is 10.2 Å². The third-order valence-electron chi connectivity index (χ3n) is 5.12. The highest BCUT2D eigenvalue weighted by Crippen LogP contribution is 2.30. The zero-order chi connectivity index (χ0) is 20.4. The second kappa shape index (κ2) is 8.21. The van der Waals surface area contributed by atoms with Crippen molar-refractivity contribution >= 4 is 44.2 Å². The first kappa shape index (κ1) is 19.4. The molecule has 1 aromatic heterocycles. The number of carbonyl (C=O) groups excluding carboxylic acids is 2. The fraction of sp³-hybridized carbons (Fsp3) is 0.318. The summed E-state index contributed by atoms with van der Waals surface area (Å²) in [4.78, 5) is 33.0. The van der Waals surface area contributed by atoms with E-state index in [1.165, 1.54) is 17.2 Å². The van der Waals surface area contributed by atoms with Crippen LogP contribution >= 0.6 is 11.3 Å². The first-order valence-corrected chi connectivity index (χ1v) is 10.7. The van der Waals surface area contributed by atoms with E-state index in [2.05, 4.69) is 35.3 Å². The lowest BCUT2D eigenvalue weighted by molar-refractivity contribution is -0.114. The lowest BCUT2D eigenvalue weighted by Crippen LogP contribution is -2.48. The van der Waals surface area contributed by atoms with Crippen molar-refractivity contribution in [1.29, 1.82) is 0 Å². The molecular weight excluding hydrogens is 384 g/mol. The minimum absolute atomic E-state index is 0.00580. The molecule has 29 heavy (non-hydrogen) atoms. The van der Waals surface area contributed by atoms with Crippen molar-refractivity contribution in [2.45, 2.75) is 20.3 Å². The van der Waals surface area contributed by atoms with Gasteiger partial charge in [0.25, 0.3) is 5.91 Å². The van der Waals surface area contributed by atoms with Crippen molar-refractivity contribution in [3.05, 3.63) is 53.6 Å². The van der Waals surface area contributed by atoms with Crippen LogP contribution in [-0.4, -0.2) is 47.9 Å². The summed E-state index contributed by atoms with van der Waals surface area (Å²) in [5.74, 6) is -0.154. The predicted molar refractivity (Wildman–Crippen MR) is 118 cm³/mol. The van der Waals surface area contributed by atoms with Gasteiger partial charge in [-0.15, -0.1) is 0 Å². The molecule has 4 rings (SSSR count). The van der Waals surface area contributed by atoms with Gasteiger partial charge in [-0.3, -0.25) is 9.59 Å². The second-order valence-corrected chi connectivity index (χ2v) is 8.20. The standard InChI is InChI=1S/C22H24N4O2S/c1-3-16-7-8-19-20(13-16)29-22(24-19)26-11-9-25(10-12-26)21(28)17-5-4-6-18(14-17)23-15(2)27/h4-8,13-14H,3,9-12H2,1-2H3,(H,23,27). The molecule has 150 valence electrons. The largest absolute Gasteiger partial charge is 0.345 e. The van der Waals surface area contributed by atoms with Gasteiger partial charge in [-0.05, 0) is 42.3 Å². The summed E-state index contributed by atoms with van der Waals surface area (Å²) in [5, 5.41) is 3.75. The van der Waals surface area contributed by atoms with Gasteiger partial charge in [-0.25, -0.2) is 4.98 Å². The SMILES string of the molecule is CCc1ccc2nc(N3CCN(C(=O)c4cccc(NC(C)=O)c4)CC3)sc2c1. The molecule has 6 nitrogen and oxygen atoms in total. The van der Waals surface area contributed by atoms with Gasteiger partial charge in [0.2, 0.25) is 5.91 Å². The maximum absolute atomic E-state index is 12.9. The van der Waals surface area contributed by atoms with Crippen LogP contribution in [0.4, 0.5) is 10.8 Å². The number of fused-ring (bicyclic) bond motifs is 1. The van der Waals surface area contributed by atoms with Crippen LogP contribution in [0.25, 0.3) is 10.2 Å². The lowest BCUT2D eigenvalue weighted by atomic mass is 10.1. The van der Waals surface area contributed by atoms with Gasteiger partial charge in [0.1, 0.15) is 0 Å². The van der Waals surface area contributed by atoms with E-state index in [1.54, 1.807) is 35.6 Å². The Hall–Kier alpha value is -2.93. The molecule has 2 amide bonds. The number of nitrogens with zero attached hydrogens (tertiary/aromatic N) is 3. The quantitative estimate of drug-likeness (QED) is 0.714. The number of hydrogen-bond acceptors (Lipinski definition) is 5. The molecule has 0 saturated carbocycles. The average Bonchev–Trinajstić information content (AvgIpc) is 3.16. The Labute approximate surface area is 174 Å². The minimum atomic E-state index is -0.148. The Balaban J connectivity index is 1.42.